The molecule has 0 saturated carbocycles. The fourth-order valence-corrected chi connectivity index (χ4v) is 1.38. The average Bonchev–Trinajstić information content (AvgIpc) is 2.26. The Morgan fingerprint density at radius 3 is 2.33 bits per heavy atom. The van der Waals surface area contributed by atoms with Crippen molar-refractivity contribution in [2.24, 2.45) is 11.7 Å². The van der Waals surface area contributed by atoms with Crippen LogP contribution in [0.4, 0.5) is 0 Å². The Kier molecular flexibility index (Phi) is 7.39. The molecular formula is C13H20ClNO3. The molecule has 0 saturated heterocycles. The Labute approximate surface area is 114 Å². The molecule has 0 heterocycles. The second-order valence-electron chi connectivity index (χ2n) is 4.48. The molecule has 0 aliphatic rings. The van der Waals surface area contributed by atoms with Crippen molar-refractivity contribution in [1.82, 2.24) is 0 Å². The molecule has 0 aromatic heterocycles. The number of rotatable bonds is 6. The van der Waals surface area contributed by atoms with E-state index < -0.39 is 12.0 Å². The summed E-state index contributed by atoms with van der Waals surface area (Å²) in [5.74, 6) is 0.367. The molecule has 102 valence electrons. The molecule has 1 atom stereocenters. The van der Waals surface area contributed by atoms with Crippen LogP contribution in [0.15, 0.2) is 24.3 Å². The number of aliphatic carboxylic acids is 1. The van der Waals surface area contributed by atoms with Gasteiger partial charge in [-0.15, -0.1) is 12.4 Å². The highest BCUT2D eigenvalue weighted by atomic mass is 35.5. The van der Waals surface area contributed by atoms with Gasteiger partial charge < -0.3 is 15.6 Å². The van der Waals surface area contributed by atoms with Gasteiger partial charge in [-0.05, 0) is 23.6 Å². The molecule has 0 aliphatic heterocycles. The predicted octanol–water partition coefficient (Wildman–Crippen LogP) is 2.62. The minimum Gasteiger partial charge on any atom is -0.493 e. The summed E-state index contributed by atoms with van der Waals surface area (Å²) >= 11 is 0. The van der Waals surface area contributed by atoms with E-state index in [0.29, 0.717) is 12.5 Å². The van der Waals surface area contributed by atoms with Gasteiger partial charge >= 0.3 is 5.97 Å². The van der Waals surface area contributed by atoms with E-state index in [1.54, 1.807) is 0 Å². The van der Waals surface area contributed by atoms with E-state index in [1.807, 2.05) is 24.3 Å². The summed E-state index contributed by atoms with van der Waals surface area (Å²) in [4.78, 5) is 10.5. The smallest absolute Gasteiger partial charge is 0.305 e. The van der Waals surface area contributed by atoms with Crippen LogP contribution < -0.4 is 10.5 Å². The summed E-state index contributed by atoms with van der Waals surface area (Å²) < 4.78 is 5.53. The van der Waals surface area contributed by atoms with Crippen LogP contribution in [-0.2, 0) is 4.79 Å². The van der Waals surface area contributed by atoms with Crippen molar-refractivity contribution >= 4 is 18.4 Å². The number of hydrogen-bond acceptors (Lipinski definition) is 3. The van der Waals surface area contributed by atoms with Crippen LogP contribution in [0.25, 0.3) is 0 Å². The maximum absolute atomic E-state index is 10.5. The molecule has 4 nitrogen and oxygen atoms in total. The molecule has 0 bridgehead atoms. The van der Waals surface area contributed by atoms with Gasteiger partial charge in [-0.25, -0.2) is 0 Å². The number of carboxylic acids is 1. The number of carbonyl (C=O) groups is 1. The molecule has 1 aromatic rings. The Bertz CT molecular complexity index is 365. The monoisotopic (exact) mass is 273 g/mol. The Morgan fingerprint density at radius 1 is 1.33 bits per heavy atom. The third-order valence-electron chi connectivity index (χ3n) is 2.29. The molecule has 3 N–H and O–H groups in total. The molecule has 0 fully saturated rings. The summed E-state index contributed by atoms with van der Waals surface area (Å²) in [7, 11) is 0. The van der Waals surface area contributed by atoms with Gasteiger partial charge in [-0.1, -0.05) is 26.0 Å². The molecule has 0 spiro atoms. The third-order valence-corrected chi connectivity index (χ3v) is 2.29. The van der Waals surface area contributed by atoms with Crippen LogP contribution in [0.1, 0.15) is 31.9 Å². The highest BCUT2D eigenvalue weighted by Crippen LogP contribution is 2.18. The number of carboxylic acid groups (broad SMARTS) is 1. The predicted molar refractivity (Wildman–Crippen MR) is 73.2 cm³/mol. The number of halogens is 1. The maximum atomic E-state index is 10.5. The van der Waals surface area contributed by atoms with Crippen LogP contribution in [0.3, 0.4) is 0 Å². The van der Waals surface area contributed by atoms with E-state index in [-0.39, 0.29) is 18.8 Å². The van der Waals surface area contributed by atoms with Crippen molar-refractivity contribution < 1.29 is 14.6 Å². The molecule has 1 aromatic carbocycles. The molecular weight excluding hydrogens is 254 g/mol. The van der Waals surface area contributed by atoms with Crippen LogP contribution in [0, 0.1) is 5.92 Å². The lowest BCUT2D eigenvalue weighted by atomic mass is 10.0. The number of benzene rings is 1. The third kappa shape index (κ3) is 5.89. The van der Waals surface area contributed by atoms with Gasteiger partial charge in [0.2, 0.25) is 0 Å². The molecule has 0 radical (unpaired) electrons. The zero-order chi connectivity index (χ0) is 12.8. The molecule has 1 unspecified atom stereocenters. The van der Waals surface area contributed by atoms with E-state index in [1.165, 1.54) is 0 Å². The zero-order valence-corrected chi connectivity index (χ0v) is 11.4. The second-order valence-corrected chi connectivity index (χ2v) is 4.48. The van der Waals surface area contributed by atoms with Crippen molar-refractivity contribution in [3.05, 3.63) is 29.8 Å². The van der Waals surface area contributed by atoms with Crippen molar-refractivity contribution in [3.8, 4) is 5.75 Å². The lowest BCUT2D eigenvalue weighted by Crippen LogP contribution is -2.14. The maximum Gasteiger partial charge on any atom is 0.305 e. The van der Waals surface area contributed by atoms with Crippen molar-refractivity contribution in [2.75, 3.05) is 6.61 Å². The first-order chi connectivity index (χ1) is 7.99. The summed E-state index contributed by atoms with van der Waals surface area (Å²) in [5.41, 5.74) is 6.56. The summed E-state index contributed by atoms with van der Waals surface area (Å²) in [5, 5.41) is 8.64. The summed E-state index contributed by atoms with van der Waals surface area (Å²) in [6.45, 7) is 4.83. The van der Waals surface area contributed by atoms with E-state index in [2.05, 4.69) is 13.8 Å². The largest absolute Gasteiger partial charge is 0.493 e. The normalized spacial score (nSPS) is 11.8. The van der Waals surface area contributed by atoms with Gasteiger partial charge in [0, 0.05) is 6.04 Å². The molecule has 0 aliphatic carbocycles. The van der Waals surface area contributed by atoms with Crippen LogP contribution in [-0.4, -0.2) is 17.7 Å². The molecule has 1 rings (SSSR count). The first-order valence-electron chi connectivity index (χ1n) is 5.69. The highest BCUT2D eigenvalue weighted by Gasteiger charge is 2.10. The number of nitrogens with two attached hydrogens (primary N) is 1. The van der Waals surface area contributed by atoms with Gasteiger partial charge in [0.25, 0.3) is 0 Å². The Morgan fingerprint density at radius 2 is 1.89 bits per heavy atom. The van der Waals surface area contributed by atoms with Gasteiger partial charge in [-0.2, -0.15) is 0 Å². The Balaban J connectivity index is 0.00000289. The standard InChI is InChI=1S/C13H19NO3.ClH/c1-9(2)8-17-11-5-3-10(4-6-11)12(14)7-13(15)16;/h3-6,9,12H,7-8,14H2,1-2H3,(H,15,16);1H. The fourth-order valence-electron chi connectivity index (χ4n) is 1.38. The minimum atomic E-state index is -0.891. The zero-order valence-electron chi connectivity index (χ0n) is 10.6. The average molecular weight is 274 g/mol. The topological polar surface area (TPSA) is 72.5 Å². The highest BCUT2D eigenvalue weighted by molar-refractivity contribution is 5.85. The van der Waals surface area contributed by atoms with Crippen molar-refractivity contribution in [1.29, 1.82) is 0 Å². The van der Waals surface area contributed by atoms with E-state index in [9.17, 15) is 4.79 Å². The van der Waals surface area contributed by atoms with Gasteiger partial charge in [0.1, 0.15) is 5.75 Å². The Hall–Kier alpha value is -1.26. The quantitative estimate of drug-likeness (QED) is 0.836. The van der Waals surface area contributed by atoms with Crippen LogP contribution >= 0.6 is 12.4 Å². The van der Waals surface area contributed by atoms with E-state index >= 15 is 0 Å². The fraction of sp³-hybridized carbons (Fsp3) is 0.462. The van der Waals surface area contributed by atoms with E-state index in [4.69, 9.17) is 15.6 Å². The first kappa shape index (κ1) is 16.7. The summed E-state index contributed by atoms with van der Waals surface area (Å²) in [6.07, 6.45) is -0.0633. The minimum absolute atomic E-state index is 0. The van der Waals surface area contributed by atoms with Gasteiger partial charge in [0.15, 0.2) is 0 Å². The van der Waals surface area contributed by atoms with E-state index in [0.717, 1.165) is 11.3 Å². The second kappa shape index (κ2) is 7.95. The number of ether oxygens (including phenoxy) is 1. The molecule has 18 heavy (non-hydrogen) atoms. The van der Waals surface area contributed by atoms with Crippen molar-refractivity contribution in [2.45, 2.75) is 26.3 Å². The van der Waals surface area contributed by atoms with Crippen molar-refractivity contribution in [3.63, 3.8) is 0 Å². The van der Waals surface area contributed by atoms with Crippen LogP contribution in [0.2, 0.25) is 0 Å². The van der Waals surface area contributed by atoms with Crippen LogP contribution in [0.5, 0.6) is 5.75 Å². The van der Waals surface area contributed by atoms with Gasteiger partial charge in [0.05, 0.1) is 13.0 Å². The number of hydrogen-bond donors (Lipinski definition) is 2. The summed E-state index contributed by atoms with van der Waals surface area (Å²) in [6, 6.07) is 6.79. The first-order valence-corrected chi connectivity index (χ1v) is 5.69. The SMILES string of the molecule is CC(C)COc1ccc(C(N)CC(=O)O)cc1.Cl. The lowest BCUT2D eigenvalue weighted by Gasteiger charge is -2.12. The molecule has 0 amide bonds. The molecule has 5 heteroatoms. The lowest BCUT2D eigenvalue weighted by molar-refractivity contribution is -0.137. The van der Waals surface area contributed by atoms with Gasteiger partial charge in [-0.3, -0.25) is 4.79 Å².